The van der Waals surface area contributed by atoms with Crippen LogP contribution in [0.15, 0.2) is 23.1 Å². The number of terminal acetylenes is 1. The van der Waals surface area contributed by atoms with Crippen LogP contribution in [0.1, 0.15) is 28.8 Å². The molecule has 0 saturated heterocycles. The first-order valence-electron chi connectivity index (χ1n) is 6.61. The van der Waals surface area contributed by atoms with E-state index in [0.29, 0.717) is 23.6 Å². The van der Waals surface area contributed by atoms with Crippen molar-refractivity contribution < 1.29 is 13.2 Å². The fourth-order valence-corrected chi connectivity index (χ4v) is 2.98. The van der Waals surface area contributed by atoms with Crippen molar-refractivity contribution in [2.45, 2.75) is 24.7 Å². The van der Waals surface area contributed by atoms with Crippen LogP contribution in [-0.2, 0) is 9.05 Å². The predicted molar refractivity (Wildman–Crippen MR) is 81.7 cm³/mol. The first-order valence-corrected chi connectivity index (χ1v) is 8.92. The summed E-state index contributed by atoms with van der Waals surface area (Å²) >= 11 is 0. The number of aryl methyl sites for hydroxylation is 1. The SMILES string of the molecule is C#CCN(CC1CC1)C(=O)c1ccc(S(=O)(=O)Cl)cc1C. The first kappa shape index (κ1) is 15.9. The zero-order valence-electron chi connectivity index (χ0n) is 11.7. The van der Waals surface area contributed by atoms with Gasteiger partial charge in [-0.3, -0.25) is 4.79 Å². The van der Waals surface area contributed by atoms with Gasteiger partial charge in [0.2, 0.25) is 0 Å². The normalized spacial score (nSPS) is 14.5. The van der Waals surface area contributed by atoms with E-state index in [1.807, 2.05) is 0 Å². The molecule has 0 bridgehead atoms. The van der Waals surface area contributed by atoms with Gasteiger partial charge in [-0.05, 0) is 49.4 Å². The average Bonchev–Trinajstić information content (AvgIpc) is 3.20. The molecule has 6 heteroatoms. The maximum absolute atomic E-state index is 12.5. The lowest BCUT2D eigenvalue weighted by Crippen LogP contribution is -2.33. The van der Waals surface area contributed by atoms with E-state index in [2.05, 4.69) is 5.92 Å². The number of nitrogens with zero attached hydrogens (tertiary/aromatic N) is 1. The van der Waals surface area contributed by atoms with Gasteiger partial charge in [-0.25, -0.2) is 8.42 Å². The van der Waals surface area contributed by atoms with Crippen molar-refractivity contribution in [1.29, 1.82) is 0 Å². The third-order valence-corrected chi connectivity index (χ3v) is 4.81. The van der Waals surface area contributed by atoms with E-state index in [4.69, 9.17) is 17.1 Å². The lowest BCUT2D eigenvalue weighted by Gasteiger charge is -2.21. The highest BCUT2D eigenvalue weighted by Crippen LogP contribution is 2.30. The maximum Gasteiger partial charge on any atom is 0.261 e. The molecule has 0 spiro atoms. The lowest BCUT2D eigenvalue weighted by atomic mass is 10.1. The van der Waals surface area contributed by atoms with Crippen molar-refractivity contribution in [3.63, 3.8) is 0 Å². The van der Waals surface area contributed by atoms with Gasteiger partial charge in [0.1, 0.15) is 0 Å². The number of hydrogen-bond donors (Lipinski definition) is 0. The van der Waals surface area contributed by atoms with E-state index in [1.54, 1.807) is 11.8 Å². The van der Waals surface area contributed by atoms with E-state index in [9.17, 15) is 13.2 Å². The van der Waals surface area contributed by atoms with E-state index in [0.717, 1.165) is 12.8 Å². The van der Waals surface area contributed by atoms with Gasteiger partial charge in [-0.2, -0.15) is 0 Å². The van der Waals surface area contributed by atoms with Crippen LogP contribution in [0.25, 0.3) is 0 Å². The van der Waals surface area contributed by atoms with Crippen LogP contribution in [0.2, 0.25) is 0 Å². The Hall–Kier alpha value is -1.51. The zero-order valence-corrected chi connectivity index (χ0v) is 13.2. The van der Waals surface area contributed by atoms with Crippen molar-refractivity contribution in [2.75, 3.05) is 13.1 Å². The molecule has 0 radical (unpaired) electrons. The summed E-state index contributed by atoms with van der Waals surface area (Å²) in [4.78, 5) is 14.2. The van der Waals surface area contributed by atoms with Gasteiger partial charge in [-0.1, -0.05) is 5.92 Å². The minimum atomic E-state index is -3.79. The summed E-state index contributed by atoms with van der Waals surface area (Å²) in [7, 11) is 1.51. The molecule has 0 N–H and O–H groups in total. The Bertz CT molecular complexity index is 702. The molecular weight excluding hydrogens is 310 g/mol. The average molecular weight is 326 g/mol. The Morgan fingerprint density at radius 2 is 2.14 bits per heavy atom. The Kier molecular flexibility index (Phi) is 4.60. The van der Waals surface area contributed by atoms with Gasteiger partial charge >= 0.3 is 0 Å². The molecule has 0 heterocycles. The summed E-state index contributed by atoms with van der Waals surface area (Å²) in [6.45, 7) is 2.59. The Labute approximate surface area is 129 Å². The number of halogens is 1. The fraction of sp³-hybridized carbons (Fsp3) is 0.400. The molecule has 0 atom stereocenters. The van der Waals surface area contributed by atoms with Crippen LogP contribution in [0.3, 0.4) is 0 Å². The summed E-state index contributed by atoms with van der Waals surface area (Å²) in [6.07, 6.45) is 7.56. The van der Waals surface area contributed by atoms with Crippen molar-refractivity contribution >= 4 is 25.6 Å². The third kappa shape index (κ3) is 3.99. The molecule has 0 unspecified atom stereocenters. The lowest BCUT2D eigenvalue weighted by molar-refractivity contribution is 0.0769. The molecule has 1 aliphatic carbocycles. The van der Waals surface area contributed by atoms with Crippen LogP contribution in [0, 0.1) is 25.2 Å². The molecule has 1 amide bonds. The molecule has 1 aromatic carbocycles. The Morgan fingerprint density at radius 1 is 1.48 bits per heavy atom. The zero-order chi connectivity index (χ0) is 15.6. The van der Waals surface area contributed by atoms with Crippen LogP contribution in [0.4, 0.5) is 0 Å². The fourth-order valence-electron chi connectivity index (χ4n) is 2.14. The highest BCUT2D eigenvalue weighted by Gasteiger charge is 2.27. The molecule has 112 valence electrons. The van der Waals surface area contributed by atoms with Crippen LogP contribution < -0.4 is 0 Å². The van der Waals surface area contributed by atoms with Crippen LogP contribution >= 0.6 is 10.7 Å². The molecule has 1 fully saturated rings. The van der Waals surface area contributed by atoms with E-state index in [-0.39, 0.29) is 17.3 Å². The van der Waals surface area contributed by atoms with E-state index in [1.165, 1.54) is 18.2 Å². The van der Waals surface area contributed by atoms with Crippen molar-refractivity contribution in [3.8, 4) is 12.3 Å². The largest absolute Gasteiger partial charge is 0.327 e. The topological polar surface area (TPSA) is 54.5 Å². The summed E-state index contributed by atoms with van der Waals surface area (Å²) in [5.74, 6) is 2.86. The van der Waals surface area contributed by atoms with Gasteiger partial charge in [0.25, 0.3) is 15.0 Å². The highest BCUT2D eigenvalue weighted by atomic mass is 35.7. The van der Waals surface area contributed by atoms with Gasteiger partial charge in [0.15, 0.2) is 0 Å². The van der Waals surface area contributed by atoms with E-state index >= 15 is 0 Å². The minimum Gasteiger partial charge on any atom is -0.327 e. The molecule has 2 rings (SSSR count). The number of rotatable bonds is 5. The summed E-state index contributed by atoms with van der Waals surface area (Å²) < 4.78 is 22.6. The number of benzene rings is 1. The second-order valence-corrected chi connectivity index (χ2v) is 7.81. The summed E-state index contributed by atoms with van der Waals surface area (Å²) in [6, 6.07) is 4.23. The number of carbonyl (C=O) groups is 1. The second-order valence-electron chi connectivity index (χ2n) is 5.25. The molecule has 1 aromatic rings. The number of carbonyl (C=O) groups excluding carboxylic acids is 1. The van der Waals surface area contributed by atoms with Gasteiger partial charge in [0.05, 0.1) is 11.4 Å². The smallest absolute Gasteiger partial charge is 0.261 e. The number of amides is 1. The third-order valence-electron chi connectivity index (χ3n) is 3.45. The molecule has 1 saturated carbocycles. The molecular formula is C15H16ClNO3S. The summed E-state index contributed by atoms with van der Waals surface area (Å²) in [5, 5.41) is 0. The highest BCUT2D eigenvalue weighted by molar-refractivity contribution is 8.13. The molecule has 1 aliphatic rings. The monoisotopic (exact) mass is 325 g/mol. The van der Waals surface area contributed by atoms with E-state index < -0.39 is 9.05 Å². The van der Waals surface area contributed by atoms with Gasteiger partial charge in [-0.15, -0.1) is 6.42 Å². The molecule has 21 heavy (non-hydrogen) atoms. The quantitative estimate of drug-likeness (QED) is 0.617. The van der Waals surface area contributed by atoms with Gasteiger partial charge in [0, 0.05) is 22.8 Å². The van der Waals surface area contributed by atoms with Crippen molar-refractivity contribution in [2.24, 2.45) is 5.92 Å². The molecule has 0 aliphatic heterocycles. The van der Waals surface area contributed by atoms with Crippen LogP contribution in [0.5, 0.6) is 0 Å². The minimum absolute atomic E-state index is 0.0103. The van der Waals surface area contributed by atoms with Crippen molar-refractivity contribution in [1.82, 2.24) is 4.90 Å². The Balaban J connectivity index is 2.27. The van der Waals surface area contributed by atoms with Crippen LogP contribution in [-0.4, -0.2) is 32.3 Å². The maximum atomic E-state index is 12.5. The standard InChI is InChI=1S/C15H16ClNO3S/c1-3-8-17(10-12-4-5-12)15(18)14-7-6-13(9-11(14)2)21(16,19)20/h1,6-7,9,12H,4-5,8,10H2,2H3. The molecule has 4 nitrogen and oxygen atoms in total. The molecule has 0 aromatic heterocycles. The predicted octanol–water partition coefficient (Wildman–Crippen LogP) is 2.41. The van der Waals surface area contributed by atoms with Crippen molar-refractivity contribution in [3.05, 3.63) is 29.3 Å². The second kappa shape index (κ2) is 6.08. The first-order chi connectivity index (χ1) is 9.82. The Morgan fingerprint density at radius 3 is 2.62 bits per heavy atom. The summed E-state index contributed by atoms with van der Waals surface area (Å²) in [5.41, 5.74) is 1.02. The number of hydrogen-bond acceptors (Lipinski definition) is 3. The van der Waals surface area contributed by atoms with Gasteiger partial charge < -0.3 is 4.90 Å².